The van der Waals surface area contributed by atoms with Gasteiger partial charge in [-0.05, 0) is 13.3 Å². The molecular weight excluding hydrogens is 95.5 g/mol. The zero-order chi connectivity index (χ0) is 4.83. The summed E-state index contributed by atoms with van der Waals surface area (Å²) in [7, 11) is 0. The van der Waals surface area contributed by atoms with E-state index in [0.717, 1.165) is 6.42 Å². The summed E-state index contributed by atoms with van der Waals surface area (Å²) >= 11 is 5.30. The molecule has 1 radical (unpaired) electrons. The Balaban J connectivity index is 2.66. The van der Waals surface area contributed by atoms with Gasteiger partial charge >= 0.3 is 0 Å². The molecule has 0 atom stereocenters. The van der Waals surface area contributed by atoms with Gasteiger partial charge in [0.15, 0.2) is 0 Å². The van der Waals surface area contributed by atoms with Gasteiger partial charge in [0, 0.05) is 5.88 Å². The van der Waals surface area contributed by atoms with Crippen molar-refractivity contribution in [2.45, 2.75) is 6.42 Å². The molecule has 0 aromatic rings. The summed E-state index contributed by atoms with van der Waals surface area (Å²) in [5.41, 5.74) is 0. The normalized spacial score (nSPS) is 10.3. The molecule has 0 spiro atoms. The molecule has 0 heterocycles. The summed E-state index contributed by atoms with van der Waals surface area (Å²) < 4.78 is 0. The molecule has 0 aromatic heterocycles. The minimum absolute atomic E-state index is 0.700. The molecule has 0 fully saturated rings. The first-order valence-corrected chi connectivity index (χ1v) is 2.45. The molecule has 6 heavy (non-hydrogen) atoms. The molecule has 0 aliphatic rings. The van der Waals surface area contributed by atoms with Crippen LogP contribution in [0.3, 0.4) is 0 Å². The third-order valence-electron chi connectivity index (χ3n) is 0.442. The van der Waals surface area contributed by atoms with Crippen LogP contribution in [0.4, 0.5) is 0 Å². The lowest BCUT2D eigenvalue weighted by molar-refractivity contribution is 1.24. The lowest BCUT2D eigenvalue weighted by Gasteiger charge is -1.74. The maximum absolute atomic E-state index is 5.30. The molecular formula is C5H8Cl. The first-order valence-electron chi connectivity index (χ1n) is 1.92. The molecule has 1 heteroatoms. The largest absolute Gasteiger partial charge is 0.126 e. The fourth-order valence-electron chi connectivity index (χ4n) is 0.181. The summed E-state index contributed by atoms with van der Waals surface area (Å²) in [5, 5.41) is 0. The van der Waals surface area contributed by atoms with Crippen molar-refractivity contribution in [3.8, 4) is 0 Å². The van der Waals surface area contributed by atoms with Crippen LogP contribution >= 0.6 is 11.6 Å². The van der Waals surface area contributed by atoms with Crippen molar-refractivity contribution in [2.24, 2.45) is 0 Å². The van der Waals surface area contributed by atoms with E-state index in [2.05, 4.69) is 6.92 Å². The second kappa shape index (κ2) is 5.03. The maximum Gasteiger partial charge on any atom is 0.0257 e. The zero-order valence-electron chi connectivity index (χ0n) is 3.65. The summed E-state index contributed by atoms with van der Waals surface area (Å²) in [6, 6.07) is 0. The minimum Gasteiger partial charge on any atom is -0.126 e. The van der Waals surface area contributed by atoms with E-state index >= 15 is 0 Å². The smallest absolute Gasteiger partial charge is 0.0257 e. The summed E-state index contributed by atoms with van der Waals surface area (Å²) in [4.78, 5) is 0. The molecule has 0 amide bonds. The van der Waals surface area contributed by atoms with Crippen molar-refractivity contribution >= 4 is 11.6 Å². The molecule has 0 saturated heterocycles. The Kier molecular flexibility index (Phi) is 5.06. The van der Waals surface area contributed by atoms with Crippen LogP contribution < -0.4 is 0 Å². The molecule has 0 N–H and O–H groups in total. The van der Waals surface area contributed by atoms with E-state index in [-0.39, 0.29) is 0 Å². The van der Waals surface area contributed by atoms with Crippen LogP contribution in [0.15, 0.2) is 12.2 Å². The number of hydrogen-bond donors (Lipinski definition) is 0. The predicted molar refractivity (Wildman–Crippen MR) is 29.8 cm³/mol. The Hall–Kier alpha value is 0.0300. The SMILES string of the molecule is [CH2]/C=C/CCCl. The fourth-order valence-corrected chi connectivity index (χ4v) is 0.307. The van der Waals surface area contributed by atoms with E-state index in [9.17, 15) is 0 Å². The molecule has 0 nitrogen and oxygen atoms in total. The van der Waals surface area contributed by atoms with Gasteiger partial charge in [0.05, 0.1) is 0 Å². The van der Waals surface area contributed by atoms with Crippen molar-refractivity contribution in [3.63, 3.8) is 0 Å². The van der Waals surface area contributed by atoms with Crippen LogP contribution in [0.25, 0.3) is 0 Å². The first kappa shape index (κ1) is 6.03. The highest BCUT2D eigenvalue weighted by Crippen LogP contribution is 1.83. The van der Waals surface area contributed by atoms with Crippen LogP contribution in [0, 0.1) is 6.92 Å². The highest BCUT2D eigenvalue weighted by atomic mass is 35.5. The number of alkyl halides is 1. The van der Waals surface area contributed by atoms with Crippen molar-refractivity contribution in [1.29, 1.82) is 0 Å². The number of allylic oxidation sites excluding steroid dienone is 2. The van der Waals surface area contributed by atoms with Gasteiger partial charge in [-0.3, -0.25) is 0 Å². The van der Waals surface area contributed by atoms with E-state index in [1.54, 1.807) is 6.08 Å². The zero-order valence-corrected chi connectivity index (χ0v) is 4.41. The minimum atomic E-state index is 0.700. The summed E-state index contributed by atoms with van der Waals surface area (Å²) in [6.45, 7) is 3.48. The third-order valence-corrected chi connectivity index (χ3v) is 0.661. The number of hydrogen-bond acceptors (Lipinski definition) is 0. The van der Waals surface area contributed by atoms with Gasteiger partial charge in [-0.25, -0.2) is 0 Å². The molecule has 0 rings (SSSR count). The highest BCUT2D eigenvalue weighted by molar-refractivity contribution is 6.17. The highest BCUT2D eigenvalue weighted by Gasteiger charge is 1.67. The monoisotopic (exact) mass is 103 g/mol. The molecule has 0 unspecified atom stereocenters. The van der Waals surface area contributed by atoms with Gasteiger partial charge in [-0.1, -0.05) is 12.2 Å². The lowest BCUT2D eigenvalue weighted by Crippen LogP contribution is -1.62. The Morgan fingerprint density at radius 2 is 2.33 bits per heavy atom. The van der Waals surface area contributed by atoms with Gasteiger partial charge < -0.3 is 0 Å². The molecule has 0 aliphatic heterocycles. The standard InChI is InChI=1S/C5H8Cl/c1-2-3-4-5-6/h2-3H,1,4-5H2/b3-2+. The number of rotatable bonds is 2. The van der Waals surface area contributed by atoms with Gasteiger partial charge in [0.25, 0.3) is 0 Å². The summed E-state index contributed by atoms with van der Waals surface area (Å²) in [6.07, 6.45) is 4.63. The predicted octanol–water partition coefficient (Wildman–Crippen LogP) is 2.01. The first-order chi connectivity index (χ1) is 2.91. The van der Waals surface area contributed by atoms with Crippen LogP contribution in [-0.2, 0) is 0 Å². The van der Waals surface area contributed by atoms with Crippen molar-refractivity contribution in [2.75, 3.05) is 5.88 Å². The van der Waals surface area contributed by atoms with E-state index in [1.807, 2.05) is 6.08 Å². The number of halogens is 1. The van der Waals surface area contributed by atoms with E-state index < -0.39 is 0 Å². The molecule has 0 saturated carbocycles. The van der Waals surface area contributed by atoms with E-state index in [0.29, 0.717) is 5.88 Å². The van der Waals surface area contributed by atoms with Gasteiger partial charge in [-0.15, -0.1) is 11.6 Å². The molecule has 0 aromatic carbocycles. The van der Waals surface area contributed by atoms with Crippen molar-refractivity contribution < 1.29 is 0 Å². The van der Waals surface area contributed by atoms with E-state index in [1.165, 1.54) is 0 Å². The molecule has 0 bridgehead atoms. The van der Waals surface area contributed by atoms with E-state index in [4.69, 9.17) is 11.6 Å². The van der Waals surface area contributed by atoms with Crippen LogP contribution in [0.1, 0.15) is 6.42 Å². The lowest BCUT2D eigenvalue weighted by atomic mass is 10.4. The van der Waals surface area contributed by atoms with Gasteiger partial charge in [-0.2, -0.15) is 0 Å². The Morgan fingerprint density at radius 1 is 1.67 bits per heavy atom. The van der Waals surface area contributed by atoms with Crippen molar-refractivity contribution in [3.05, 3.63) is 19.1 Å². The maximum atomic E-state index is 5.30. The average Bonchev–Trinajstić information content (AvgIpc) is 1.61. The Morgan fingerprint density at radius 3 is 2.50 bits per heavy atom. The topological polar surface area (TPSA) is 0 Å². The Labute approximate surface area is 43.8 Å². The Bertz CT molecular complexity index is 39.2. The average molecular weight is 104 g/mol. The van der Waals surface area contributed by atoms with Crippen LogP contribution in [0.5, 0.6) is 0 Å². The quantitative estimate of drug-likeness (QED) is 0.469. The second-order valence-electron chi connectivity index (χ2n) is 0.949. The molecule has 35 valence electrons. The summed E-state index contributed by atoms with van der Waals surface area (Å²) in [5.74, 6) is 0.700. The third kappa shape index (κ3) is 4.03. The van der Waals surface area contributed by atoms with Crippen LogP contribution in [0.2, 0.25) is 0 Å². The van der Waals surface area contributed by atoms with Crippen LogP contribution in [-0.4, -0.2) is 5.88 Å². The van der Waals surface area contributed by atoms with Gasteiger partial charge in [0.1, 0.15) is 0 Å². The van der Waals surface area contributed by atoms with Crippen molar-refractivity contribution in [1.82, 2.24) is 0 Å². The van der Waals surface area contributed by atoms with Gasteiger partial charge in [0.2, 0.25) is 0 Å². The fraction of sp³-hybridized carbons (Fsp3) is 0.400. The molecule has 0 aliphatic carbocycles. The second-order valence-corrected chi connectivity index (χ2v) is 1.33.